The van der Waals surface area contributed by atoms with Crippen molar-refractivity contribution in [3.05, 3.63) is 51.9 Å². The van der Waals surface area contributed by atoms with Crippen molar-refractivity contribution in [2.45, 2.75) is 23.7 Å². The third kappa shape index (κ3) is 2.91. The molecule has 2 fully saturated rings. The zero-order chi connectivity index (χ0) is 18.6. The van der Waals surface area contributed by atoms with Crippen LogP contribution in [0, 0.1) is 0 Å². The molecule has 1 aliphatic carbocycles. The van der Waals surface area contributed by atoms with Gasteiger partial charge in [0, 0.05) is 43.7 Å². The molecule has 2 aliphatic heterocycles. The monoisotopic (exact) mass is 385 g/mol. The standard InChI is InChI=1S/C18H19N5O3S/c24-16-11-14(12-5-6-12)19-18(20-16)23-9-7-22(8-10-23)17-13-3-1-2-4-15(13)27(25,26)21-17/h1-4,11-12H,5-10H2,(H,19,20,24). The SMILES string of the molecule is O=c1cc(C2CC2)nc(N2CCN(C3=NS(=O)(=O)c4ccccc43)CC2)[nH]1. The maximum Gasteiger partial charge on any atom is 0.285 e. The molecule has 0 bridgehead atoms. The molecule has 1 aromatic carbocycles. The number of aromatic amines is 1. The Bertz CT molecular complexity index is 1100. The van der Waals surface area contributed by atoms with Crippen molar-refractivity contribution in [3.63, 3.8) is 0 Å². The van der Waals surface area contributed by atoms with Crippen molar-refractivity contribution in [2.24, 2.45) is 4.40 Å². The fourth-order valence-corrected chi connectivity index (χ4v) is 4.88. The Morgan fingerprint density at radius 1 is 1.04 bits per heavy atom. The van der Waals surface area contributed by atoms with Crippen LogP contribution in [0.2, 0.25) is 0 Å². The molecule has 8 nitrogen and oxygen atoms in total. The summed E-state index contributed by atoms with van der Waals surface area (Å²) >= 11 is 0. The molecule has 3 heterocycles. The lowest BCUT2D eigenvalue weighted by Gasteiger charge is -2.36. The van der Waals surface area contributed by atoms with E-state index in [9.17, 15) is 13.2 Å². The molecule has 9 heteroatoms. The summed E-state index contributed by atoms with van der Waals surface area (Å²) in [6.45, 7) is 2.50. The highest BCUT2D eigenvalue weighted by atomic mass is 32.2. The van der Waals surface area contributed by atoms with Gasteiger partial charge in [-0.15, -0.1) is 4.40 Å². The lowest BCUT2D eigenvalue weighted by atomic mass is 10.1. The van der Waals surface area contributed by atoms with Gasteiger partial charge in [0.15, 0.2) is 5.84 Å². The van der Waals surface area contributed by atoms with Crippen LogP contribution in [0.15, 0.2) is 44.4 Å². The number of hydrogen-bond donors (Lipinski definition) is 1. The van der Waals surface area contributed by atoms with Crippen LogP contribution in [-0.4, -0.2) is 55.3 Å². The zero-order valence-corrected chi connectivity index (χ0v) is 15.4. The summed E-state index contributed by atoms with van der Waals surface area (Å²) in [6, 6.07) is 8.51. The van der Waals surface area contributed by atoms with E-state index in [1.807, 2.05) is 15.9 Å². The highest BCUT2D eigenvalue weighted by molar-refractivity contribution is 7.90. The van der Waals surface area contributed by atoms with Gasteiger partial charge >= 0.3 is 0 Å². The molecule has 1 saturated heterocycles. The average Bonchev–Trinajstić information content (AvgIpc) is 3.48. The van der Waals surface area contributed by atoms with E-state index in [0.717, 1.165) is 18.5 Å². The first-order valence-electron chi connectivity index (χ1n) is 9.07. The molecular formula is C18H19N5O3S. The first-order valence-corrected chi connectivity index (χ1v) is 10.5. The number of fused-ring (bicyclic) bond motifs is 1. The maximum absolute atomic E-state index is 12.3. The minimum atomic E-state index is -3.61. The Hall–Kier alpha value is -2.68. The molecule has 27 heavy (non-hydrogen) atoms. The van der Waals surface area contributed by atoms with Gasteiger partial charge in [0.25, 0.3) is 15.6 Å². The van der Waals surface area contributed by atoms with Gasteiger partial charge in [0.2, 0.25) is 5.95 Å². The van der Waals surface area contributed by atoms with Crippen molar-refractivity contribution in [2.75, 3.05) is 31.1 Å². The second-order valence-corrected chi connectivity index (χ2v) is 8.70. The number of H-pyrrole nitrogens is 1. The van der Waals surface area contributed by atoms with Crippen LogP contribution in [0.4, 0.5) is 5.95 Å². The number of piperazine rings is 1. The molecule has 1 saturated carbocycles. The fourth-order valence-electron chi connectivity index (χ4n) is 3.65. The number of nitrogens with zero attached hydrogens (tertiary/aromatic N) is 4. The zero-order valence-electron chi connectivity index (χ0n) is 14.6. The second kappa shape index (κ2) is 5.91. The van der Waals surface area contributed by atoms with E-state index in [-0.39, 0.29) is 10.5 Å². The summed E-state index contributed by atoms with van der Waals surface area (Å²) in [7, 11) is -3.61. The van der Waals surface area contributed by atoms with Gasteiger partial charge in [0.05, 0.1) is 5.69 Å². The first-order chi connectivity index (χ1) is 13.0. The van der Waals surface area contributed by atoms with E-state index in [1.165, 1.54) is 0 Å². The Labute approximate surface area is 156 Å². The van der Waals surface area contributed by atoms with Gasteiger partial charge in [-0.25, -0.2) is 4.98 Å². The van der Waals surface area contributed by atoms with Crippen LogP contribution in [0.1, 0.15) is 30.0 Å². The summed E-state index contributed by atoms with van der Waals surface area (Å²) in [4.78, 5) is 23.7. The number of aromatic nitrogens is 2. The minimum Gasteiger partial charge on any atom is -0.352 e. The topological polar surface area (TPSA) is 98.7 Å². The van der Waals surface area contributed by atoms with E-state index in [4.69, 9.17) is 0 Å². The highest BCUT2D eigenvalue weighted by Crippen LogP contribution is 2.38. The summed E-state index contributed by atoms with van der Waals surface area (Å²) in [5, 5.41) is 0. The van der Waals surface area contributed by atoms with Crippen molar-refractivity contribution >= 4 is 21.8 Å². The number of hydrogen-bond acceptors (Lipinski definition) is 6. The molecule has 1 N–H and O–H groups in total. The predicted molar refractivity (Wildman–Crippen MR) is 101 cm³/mol. The van der Waals surface area contributed by atoms with E-state index in [1.54, 1.807) is 24.3 Å². The average molecular weight is 385 g/mol. The quantitative estimate of drug-likeness (QED) is 0.825. The molecule has 0 unspecified atom stereocenters. The third-order valence-electron chi connectivity index (χ3n) is 5.24. The van der Waals surface area contributed by atoms with Gasteiger partial charge < -0.3 is 9.80 Å². The number of anilines is 1. The largest absolute Gasteiger partial charge is 0.352 e. The molecule has 1 aromatic heterocycles. The lowest BCUT2D eigenvalue weighted by molar-refractivity contribution is 0.384. The van der Waals surface area contributed by atoms with E-state index >= 15 is 0 Å². The van der Waals surface area contributed by atoms with Crippen molar-refractivity contribution in [3.8, 4) is 0 Å². The molecular weight excluding hydrogens is 366 g/mol. The number of benzene rings is 1. The van der Waals surface area contributed by atoms with Gasteiger partial charge in [0.1, 0.15) is 4.90 Å². The molecule has 5 rings (SSSR count). The van der Waals surface area contributed by atoms with E-state index in [2.05, 4.69) is 14.4 Å². The number of amidine groups is 1. The fraction of sp³-hybridized carbons (Fsp3) is 0.389. The van der Waals surface area contributed by atoms with Gasteiger partial charge in [-0.3, -0.25) is 9.78 Å². The normalized spacial score (nSPS) is 21.1. The van der Waals surface area contributed by atoms with E-state index < -0.39 is 10.0 Å². The third-order valence-corrected chi connectivity index (χ3v) is 6.56. The Kier molecular flexibility index (Phi) is 3.61. The smallest absolute Gasteiger partial charge is 0.285 e. The van der Waals surface area contributed by atoms with Gasteiger partial charge in [-0.2, -0.15) is 8.42 Å². The number of sulfonamides is 1. The van der Waals surface area contributed by atoms with Crippen molar-refractivity contribution < 1.29 is 8.42 Å². The molecule has 0 spiro atoms. The maximum atomic E-state index is 12.3. The van der Waals surface area contributed by atoms with Gasteiger partial charge in [-0.05, 0) is 25.0 Å². The van der Waals surface area contributed by atoms with E-state index in [0.29, 0.717) is 49.4 Å². The Morgan fingerprint density at radius 2 is 1.74 bits per heavy atom. The lowest BCUT2D eigenvalue weighted by Crippen LogP contribution is -2.49. The number of rotatable bonds is 2. The molecule has 2 aromatic rings. The van der Waals surface area contributed by atoms with Crippen LogP contribution in [0.25, 0.3) is 0 Å². The molecule has 0 radical (unpaired) electrons. The first kappa shape index (κ1) is 16.5. The molecule has 0 amide bonds. The Balaban J connectivity index is 1.36. The summed E-state index contributed by atoms with van der Waals surface area (Å²) in [6.07, 6.45) is 2.19. The van der Waals surface area contributed by atoms with Crippen molar-refractivity contribution in [1.29, 1.82) is 0 Å². The Morgan fingerprint density at radius 3 is 2.48 bits per heavy atom. The van der Waals surface area contributed by atoms with Crippen LogP contribution >= 0.6 is 0 Å². The number of nitrogens with one attached hydrogen (secondary N) is 1. The summed E-state index contributed by atoms with van der Waals surface area (Å²) in [5.41, 5.74) is 1.41. The summed E-state index contributed by atoms with van der Waals surface area (Å²) in [5.74, 6) is 1.53. The van der Waals surface area contributed by atoms with Crippen LogP contribution in [0.3, 0.4) is 0 Å². The minimum absolute atomic E-state index is 0.121. The van der Waals surface area contributed by atoms with Crippen molar-refractivity contribution in [1.82, 2.24) is 14.9 Å². The highest BCUT2D eigenvalue weighted by Gasteiger charge is 2.33. The van der Waals surface area contributed by atoms with Crippen LogP contribution in [-0.2, 0) is 10.0 Å². The molecule has 140 valence electrons. The second-order valence-electron chi connectivity index (χ2n) is 7.13. The predicted octanol–water partition coefficient (Wildman–Crippen LogP) is 0.918. The van der Waals surface area contributed by atoms with Gasteiger partial charge in [-0.1, -0.05) is 12.1 Å². The molecule has 0 atom stereocenters. The van der Waals surface area contributed by atoms with Crippen LogP contribution in [0.5, 0.6) is 0 Å². The van der Waals surface area contributed by atoms with Crippen LogP contribution < -0.4 is 10.5 Å². The summed E-state index contributed by atoms with van der Waals surface area (Å²) < 4.78 is 28.5. The molecule has 3 aliphatic rings.